The second kappa shape index (κ2) is 3.87. The minimum Gasteiger partial charge on any atom is -0.331 e. The third-order valence-electron chi connectivity index (χ3n) is 3.40. The lowest BCUT2D eigenvalue weighted by Crippen LogP contribution is -2.51. The number of rotatable bonds is 1. The van der Waals surface area contributed by atoms with Crippen molar-refractivity contribution in [1.29, 1.82) is 0 Å². The van der Waals surface area contributed by atoms with E-state index in [1.165, 1.54) is 0 Å². The molecule has 0 bridgehead atoms. The van der Waals surface area contributed by atoms with Crippen LogP contribution in [0.1, 0.15) is 30.8 Å². The zero-order valence-corrected chi connectivity index (χ0v) is 9.68. The van der Waals surface area contributed by atoms with Gasteiger partial charge in [-0.25, -0.2) is 0 Å². The summed E-state index contributed by atoms with van der Waals surface area (Å²) in [5.74, 6) is -0.0291. The molecule has 2 heterocycles. The summed E-state index contributed by atoms with van der Waals surface area (Å²) in [4.78, 5) is 18.1. The smallest absolute Gasteiger partial charge is 0.272 e. The molecule has 0 radical (unpaired) electrons. The molecule has 1 amide bonds. The van der Waals surface area contributed by atoms with Gasteiger partial charge in [-0.3, -0.25) is 9.78 Å². The first-order chi connectivity index (χ1) is 7.53. The monoisotopic (exact) mass is 219 g/mol. The van der Waals surface area contributed by atoms with E-state index in [1.54, 1.807) is 18.3 Å². The lowest BCUT2D eigenvalue weighted by molar-refractivity contribution is 0.0631. The molecule has 1 saturated heterocycles. The first-order valence-electron chi connectivity index (χ1n) is 5.52. The Morgan fingerprint density at radius 3 is 2.81 bits per heavy atom. The molecule has 1 aromatic rings. The summed E-state index contributed by atoms with van der Waals surface area (Å²) in [6.45, 7) is 4.72. The standard InChI is InChI=1S/C12H17N3O/c1-12(2)10(13)6-8-15(12)11(16)9-5-3-4-7-14-9/h3-5,7,10H,6,8,13H2,1-2H3. The van der Waals surface area contributed by atoms with Gasteiger partial charge in [0.1, 0.15) is 5.69 Å². The zero-order chi connectivity index (χ0) is 11.8. The zero-order valence-electron chi connectivity index (χ0n) is 9.68. The number of carbonyl (C=O) groups is 1. The van der Waals surface area contributed by atoms with Gasteiger partial charge in [0.05, 0.1) is 5.54 Å². The van der Waals surface area contributed by atoms with Crippen LogP contribution in [-0.4, -0.2) is 33.9 Å². The van der Waals surface area contributed by atoms with Crippen LogP contribution in [0.4, 0.5) is 0 Å². The van der Waals surface area contributed by atoms with Crippen LogP contribution in [0.3, 0.4) is 0 Å². The van der Waals surface area contributed by atoms with E-state index in [1.807, 2.05) is 24.8 Å². The summed E-state index contributed by atoms with van der Waals surface area (Å²) in [7, 11) is 0. The maximum Gasteiger partial charge on any atom is 0.272 e. The molecule has 1 unspecified atom stereocenters. The summed E-state index contributed by atoms with van der Waals surface area (Å²) < 4.78 is 0. The average molecular weight is 219 g/mol. The van der Waals surface area contributed by atoms with E-state index in [2.05, 4.69) is 4.98 Å². The Morgan fingerprint density at radius 1 is 1.56 bits per heavy atom. The molecule has 2 rings (SSSR count). The largest absolute Gasteiger partial charge is 0.331 e. The van der Waals surface area contributed by atoms with Crippen LogP contribution < -0.4 is 5.73 Å². The Kier molecular flexibility index (Phi) is 2.68. The van der Waals surface area contributed by atoms with Gasteiger partial charge in [-0.15, -0.1) is 0 Å². The van der Waals surface area contributed by atoms with Gasteiger partial charge in [0.15, 0.2) is 0 Å². The maximum absolute atomic E-state index is 12.2. The van der Waals surface area contributed by atoms with E-state index in [9.17, 15) is 4.79 Å². The predicted octanol–water partition coefficient (Wildman–Crippen LogP) is 1.03. The molecule has 1 aromatic heterocycles. The van der Waals surface area contributed by atoms with Crippen LogP contribution in [-0.2, 0) is 0 Å². The molecular formula is C12H17N3O. The van der Waals surface area contributed by atoms with Crippen LogP contribution in [0.25, 0.3) is 0 Å². The van der Waals surface area contributed by atoms with Crippen molar-refractivity contribution >= 4 is 5.91 Å². The van der Waals surface area contributed by atoms with Crippen molar-refractivity contribution < 1.29 is 4.79 Å². The molecule has 1 atom stereocenters. The first-order valence-corrected chi connectivity index (χ1v) is 5.52. The van der Waals surface area contributed by atoms with E-state index >= 15 is 0 Å². The Labute approximate surface area is 95.5 Å². The molecule has 86 valence electrons. The molecule has 0 saturated carbocycles. The van der Waals surface area contributed by atoms with Gasteiger partial charge < -0.3 is 10.6 Å². The van der Waals surface area contributed by atoms with Crippen molar-refractivity contribution in [3.8, 4) is 0 Å². The minimum atomic E-state index is -0.283. The Morgan fingerprint density at radius 2 is 2.31 bits per heavy atom. The Bertz CT molecular complexity index is 389. The highest BCUT2D eigenvalue weighted by molar-refractivity contribution is 5.93. The number of amides is 1. The molecule has 16 heavy (non-hydrogen) atoms. The summed E-state index contributed by atoms with van der Waals surface area (Å²) in [5, 5.41) is 0. The van der Waals surface area contributed by atoms with Gasteiger partial charge in [0.2, 0.25) is 0 Å². The van der Waals surface area contributed by atoms with Crippen LogP contribution >= 0.6 is 0 Å². The molecule has 4 nitrogen and oxygen atoms in total. The van der Waals surface area contributed by atoms with Crippen LogP contribution in [0.2, 0.25) is 0 Å². The summed E-state index contributed by atoms with van der Waals surface area (Å²) in [5.41, 5.74) is 6.21. The van der Waals surface area contributed by atoms with E-state index in [0.717, 1.165) is 6.42 Å². The van der Waals surface area contributed by atoms with Crippen molar-refractivity contribution in [3.05, 3.63) is 30.1 Å². The number of hydrogen-bond acceptors (Lipinski definition) is 3. The molecule has 0 aliphatic carbocycles. The predicted molar refractivity (Wildman–Crippen MR) is 61.9 cm³/mol. The lowest BCUT2D eigenvalue weighted by atomic mass is 9.96. The molecule has 2 N–H and O–H groups in total. The number of nitrogens with two attached hydrogens (primary N) is 1. The highest BCUT2D eigenvalue weighted by Crippen LogP contribution is 2.28. The third kappa shape index (κ3) is 1.69. The normalized spacial score (nSPS) is 23.4. The van der Waals surface area contributed by atoms with E-state index < -0.39 is 0 Å². The highest BCUT2D eigenvalue weighted by Gasteiger charge is 2.42. The number of hydrogen-bond donors (Lipinski definition) is 1. The van der Waals surface area contributed by atoms with Gasteiger partial charge in [-0.2, -0.15) is 0 Å². The number of aromatic nitrogens is 1. The number of pyridine rings is 1. The average Bonchev–Trinajstić information content (AvgIpc) is 2.54. The lowest BCUT2D eigenvalue weighted by Gasteiger charge is -2.34. The molecule has 0 aromatic carbocycles. The maximum atomic E-state index is 12.2. The highest BCUT2D eigenvalue weighted by atomic mass is 16.2. The van der Waals surface area contributed by atoms with Crippen molar-refractivity contribution in [2.75, 3.05) is 6.54 Å². The van der Waals surface area contributed by atoms with Crippen LogP contribution in [0.15, 0.2) is 24.4 Å². The van der Waals surface area contributed by atoms with E-state index in [0.29, 0.717) is 12.2 Å². The Hall–Kier alpha value is -1.42. The number of likely N-dealkylation sites (tertiary alicyclic amines) is 1. The summed E-state index contributed by atoms with van der Waals surface area (Å²) in [6, 6.07) is 5.41. The topological polar surface area (TPSA) is 59.2 Å². The molecule has 4 heteroatoms. The molecule has 1 aliphatic rings. The molecule has 0 spiro atoms. The quantitative estimate of drug-likeness (QED) is 0.767. The second-order valence-corrected chi connectivity index (χ2v) is 4.72. The number of nitrogens with zero attached hydrogens (tertiary/aromatic N) is 2. The molecule has 1 aliphatic heterocycles. The van der Waals surface area contributed by atoms with Gasteiger partial charge in [0, 0.05) is 18.8 Å². The van der Waals surface area contributed by atoms with Gasteiger partial charge in [0.25, 0.3) is 5.91 Å². The van der Waals surface area contributed by atoms with Gasteiger partial charge in [-0.05, 0) is 32.4 Å². The van der Waals surface area contributed by atoms with Crippen molar-refractivity contribution in [3.63, 3.8) is 0 Å². The SMILES string of the molecule is CC1(C)C(N)CCN1C(=O)c1ccccn1. The van der Waals surface area contributed by atoms with Crippen molar-refractivity contribution in [2.45, 2.75) is 31.8 Å². The Balaban J connectivity index is 2.24. The van der Waals surface area contributed by atoms with Crippen LogP contribution in [0, 0.1) is 0 Å². The fourth-order valence-corrected chi connectivity index (χ4v) is 2.10. The van der Waals surface area contributed by atoms with Crippen molar-refractivity contribution in [2.24, 2.45) is 5.73 Å². The summed E-state index contributed by atoms with van der Waals surface area (Å²) in [6.07, 6.45) is 2.49. The molecule has 1 fully saturated rings. The van der Waals surface area contributed by atoms with Gasteiger partial charge in [-0.1, -0.05) is 6.07 Å². The third-order valence-corrected chi connectivity index (χ3v) is 3.40. The molecular weight excluding hydrogens is 202 g/mol. The van der Waals surface area contributed by atoms with Crippen molar-refractivity contribution in [1.82, 2.24) is 9.88 Å². The fraction of sp³-hybridized carbons (Fsp3) is 0.500. The van der Waals surface area contributed by atoms with E-state index in [4.69, 9.17) is 5.73 Å². The minimum absolute atomic E-state index is 0.0291. The van der Waals surface area contributed by atoms with E-state index in [-0.39, 0.29) is 17.5 Å². The summed E-state index contributed by atoms with van der Waals surface area (Å²) >= 11 is 0. The first kappa shape index (κ1) is 11.1. The van der Waals surface area contributed by atoms with Crippen LogP contribution in [0.5, 0.6) is 0 Å². The second-order valence-electron chi connectivity index (χ2n) is 4.72. The van der Waals surface area contributed by atoms with Gasteiger partial charge >= 0.3 is 0 Å². The fourth-order valence-electron chi connectivity index (χ4n) is 2.10. The number of carbonyl (C=O) groups excluding carboxylic acids is 1.